The van der Waals surface area contributed by atoms with Gasteiger partial charge in [-0.1, -0.05) is 83.9 Å². The Bertz CT molecular complexity index is 1590. The van der Waals surface area contributed by atoms with Crippen molar-refractivity contribution < 1.29 is 28.5 Å². The number of benzene rings is 4. The fourth-order valence-corrected chi connectivity index (χ4v) is 5.96. The predicted molar refractivity (Wildman–Crippen MR) is 161 cm³/mol. The maximum absolute atomic E-state index is 13.8. The van der Waals surface area contributed by atoms with Crippen molar-refractivity contribution in [3.05, 3.63) is 142 Å². The third kappa shape index (κ3) is 4.91. The van der Waals surface area contributed by atoms with Gasteiger partial charge in [0.05, 0.1) is 11.1 Å². The van der Waals surface area contributed by atoms with E-state index in [9.17, 15) is 9.59 Å². The molecule has 0 saturated carbocycles. The SMILES string of the molecule is CO[C@@]1(c2ccccc2C)c2ccccc2[C@@](C)(OC)[C@@H](OC(=O)c2ccc(C)cc2)[C@H]1OC(=O)c1ccc(C)cc1. The molecule has 0 unspecified atom stereocenters. The first-order valence-electron chi connectivity index (χ1n) is 14.0. The van der Waals surface area contributed by atoms with E-state index in [0.717, 1.165) is 33.4 Å². The van der Waals surface area contributed by atoms with Crippen molar-refractivity contribution in [3.63, 3.8) is 0 Å². The normalized spacial score (nSPS) is 23.1. The minimum Gasteiger partial charge on any atom is -0.451 e. The van der Waals surface area contributed by atoms with Gasteiger partial charge >= 0.3 is 11.9 Å². The molecule has 6 nitrogen and oxygen atoms in total. The number of rotatable bonds is 7. The Labute approximate surface area is 247 Å². The number of ether oxygens (including phenoxy) is 4. The highest BCUT2D eigenvalue weighted by Gasteiger charge is 2.63. The van der Waals surface area contributed by atoms with E-state index in [0.29, 0.717) is 11.1 Å². The number of hydrogen-bond donors (Lipinski definition) is 0. The molecule has 0 radical (unpaired) electrons. The lowest BCUT2D eigenvalue weighted by molar-refractivity contribution is -0.208. The summed E-state index contributed by atoms with van der Waals surface area (Å²) in [6.45, 7) is 7.73. The van der Waals surface area contributed by atoms with Crippen molar-refractivity contribution in [3.8, 4) is 0 Å². The Kier molecular flexibility index (Phi) is 8.04. The lowest BCUT2D eigenvalue weighted by Crippen LogP contribution is -2.64. The fraction of sp³-hybridized carbons (Fsp3) is 0.278. The van der Waals surface area contributed by atoms with Gasteiger partial charge in [0.2, 0.25) is 0 Å². The summed E-state index contributed by atoms with van der Waals surface area (Å²) in [6, 6.07) is 29.8. The minimum absolute atomic E-state index is 0.372. The highest BCUT2D eigenvalue weighted by atomic mass is 16.6. The van der Waals surface area contributed by atoms with E-state index in [1.165, 1.54) is 0 Å². The number of carbonyl (C=O) groups excluding carboxylic acids is 2. The van der Waals surface area contributed by atoms with Crippen LogP contribution in [0.25, 0.3) is 0 Å². The molecule has 0 bridgehead atoms. The summed E-state index contributed by atoms with van der Waals surface area (Å²) in [6.07, 6.45) is -2.23. The molecule has 1 aliphatic carbocycles. The minimum atomic E-state index is -1.33. The average molecular weight is 565 g/mol. The van der Waals surface area contributed by atoms with Crippen molar-refractivity contribution in [2.75, 3.05) is 14.2 Å². The zero-order chi connectivity index (χ0) is 30.1. The van der Waals surface area contributed by atoms with E-state index in [1.54, 1.807) is 38.5 Å². The van der Waals surface area contributed by atoms with Gasteiger partial charge in [-0.3, -0.25) is 0 Å². The largest absolute Gasteiger partial charge is 0.451 e. The molecule has 4 aromatic carbocycles. The molecule has 5 rings (SSSR count). The summed E-state index contributed by atoms with van der Waals surface area (Å²) in [7, 11) is 3.15. The lowest BCUT2D eigenvalue weighted by atomic mass is 9.65. The van der Waals surface area contributed by atoms with Crippen LogP contribution in [-0.4, -0.2) is 38.4 Å². The molecular weight excluding hydrogens is 528 g/mol. The van der Waals surface area contributed by atoms with Crippen LogP contribution in [0, 0.1) is 20.8 Å². The molecule has 1 aliphatic rings. The first kappa shape index (κ1) is 29.2. The second-order valence-electron chi connectivity index (χ2n) is 11.0. The lowest BCUT2D eigenvalue weighted by Gasteiger charge is -2.53. The van der Waals surface area contributed by atoms with E-state index >= 15 is 0 Å². The van der Waals surface area contributed by atoms with Crippen LogP contribution in [0.3, 0.4) is 0 Å². The molecule has 0 heterocycles. The van der Waals surface area contributed by atoms with Crippen LogP contribution < -0.4 is 0 Å². The first-order chi connectivity index (χ1) is 20.2. The van der Waals surface area contributed by atoms with E-state index in [4.69, 9.17) is 18.9 Å². The Balaban J connectivity index is 1.76. The van der Waals surface area contributed by atoms with E-state index in [-0.39, 0.29) is 0 Å². The number of methoxy groups -OCH3 is 2. The van der Waals surface area contributed by atoms with Crippen molar-refractivity contribution in [1.29, 1.82) is 0 Å². The summed E-state index contributed by atoms with van der Waals surface area (Å²) >= 11 is 0. The third-order valence-electron chi connectivity index (χ3n) is 8.41. The van der Waals surface area contributed by atoms with Crippen LogP contribution >= 0.6 is 0 Å². The Morgan fingerprint density at radius 1 is 0.571 bits per heavy atom. The molecule has 0 aliphatic heterocycles. The Morgan fingerprint density at radius 3 is 1.50 bits per heavy atom. The molecule has 216 valence electrons. The number of hydrogen-bond acceptors (Lipinski definition) is 6. The zero-order valence-electron chi connectivity index (χ0n) is 24.8. The van der Waals surface area contributed by atoms with Crippen LogP contribution in [0.15, 0.2) is 97.1 Å². The summed E-state index contributed by atoms with van der Waals surface area (Å²) in [5.41, 5.74) is 3.49. The molecule has 4 atom stereocenters. The molecule has 0 spiro atoms. The van der Waals surface area contributed by atoms with Crippen LogP contribution in [0.2, 0.25) is 0 Å². The number of fused-ring (bicyclic) bond motifs is 1. The Hall–Kier alpha value is -4.26. The van der Waals surface area contributed by atoms with Gasteiger partial charge in [0, 0.05) is 14.2 Å². The van der Waals surface area contributed by atoms with Gasteiger partial charge in [-0.2, -0.15) is 0 Å². The van der Waals surface area contributed by atoms with Crippen LogP contribution in [0.1, 0.15) is 61.0 Å². The predicted octanol–water partition coefficient (Wildman–Crippen LogP) is 6.83. The van der Waals surface area contributed by atoms with Gasteiger partial charge in [0.15, 0.2) is 17.8 Å². The average Bonchev–Trinajstić information content (AvgIpc) is 3.00. The quantitative estimate of drug-likeness (QED) is 0.229. The Morgan fingerprint density at radius 2 is 1.02 bits per heavy atom. The number of esters is 2. The highest BCUT2D eigenvalue weighted by molar-refractivity contribution is 5.91. The standard InChI is InChI=1S/C36H36O6/c1-23-15-19-26(20-16-23)33(37)41-31-32(42-34(38)27-21-17-24(2)18-22-27)36(40-6,28-12-8-7-11-25(28)3)30-14-10-9-13-29(30)35(31,4)39-5/h7-22,31-32H,1-6H3/t31-,32+,35+,36-/m0/s1. The van der Waals surface area contributed by atoms with Crippen molar-refractivity contribution in [2.45, 2.75) is 51.1 Å². The summed E-state index contributed by atoms with van der Waals surface area (Å²) in [5, 5.41) is 0. The zero-order valence-corrected chi connectivity index (χ0v) is 24.8. The van der Waals surface area contributed by atoms with Gasteiger partial charge < -0.3 is 18.9 Å². The molecule has 42 heavy (non-hydrogen) atoms. The fourth-order valence-electron chi connectivity index (χ4n) is 5.96. The van der Waals surface area contributed by atoms with Gasteiger partial charge in [-0.05, 0) is 74.2 Å². The van der Waals surface area contributed by atoms with Crippen molar-refractivity contribution in [2.24, 2.45) is 0 Å². The number of aryl methyl sites for hydroxylation is 3. The first-order valence-corrected chi connectivity index (χ1v) is 14.0. The van der Waals surface area contributed by atoms with Gasteiger partial charge in [0.25, 0.3) is 0 Å². The number of carbonyl (C=O) groups is 2. The molecule has 0 fully saturated rings. The second-order valence-corrected chi connectivity index (χ2v) is 11.0. The van der Waals surface area contributed by atoms with Crippen LogP contribution in [0.5, 0.6) is 0 Å². The molecule has 0 N–H and O–H groups in total. The highest BCUT2D eigenvalue weighted by Crippen LogP contribution is 2.53. The molecule has 0 amide bonds. The topological polar surface area (TPSA) is 71.1 Å². The second kappa shape index (κ2) is 11.6. The van der Waals surface area contributed by atoms with Gasteiger partial charge in [-0.15, -0.1) is 0 Å². The monoisotopic (exact) mass is 564 g/mol. The van der Waals surface area contributed by atoms with E-state index in [2.05, 4.69) is 0 Å². The molecule has 6 heteroatoms. The van der Waals surface area contributed by atoms with E-state index < -0.39 is 35.3 Å². The summed E-state index contributed by atoms with van der Waals surface area (Å²) in [5.74, 6) is -1.13. The van der Waals surface area contributed by atoms with E-state index in [1.807, 2.05) is 100 Å². The van der Waals surface area contributed by atoms with Gasteiger partial charge in [-0.25, -0.2) is 9.59 Å². The smallest absolute Gasteiger partial charge is 0.338 e. The maximum atomic E-state index is 13.8. The van der Waals surface area contributed by atoms with Crippen LogP contribution in [-0.2, 0) is 30.1 Å². The summed E-state index contributed by atoms with van der Waals surface area (Å²) < 4.78 is 25.5. The van der Waals surface area contributed by atoms with Crippen molar-refractivity contribution >= 4 is 11.9 Å². The third-order valence-corrected chi connectivity index (χ3v) is 8.41. The molecule has 4 aromatic rings. The van der Waals surface area contributed by atoms with Crippen LogP contribution in [0.4, 0.5) is 0 Å². The molecule has 0 saturated heterocycles. The molecular formula is C36H36O6. The summed E-state index contributed by atoms with van der Waals surface area (Å²) in [4.78, 5) is 27.6. The maximum Gasteiger partial charge on any atom is 0.338 e. The van der Waals surface area contributed by atoms with Gasteiger partial charge in [0.1, 0.15) is 5.60 Å². The molecule has 0 aromatic heterocycles. The van der Waals surface area contributed by atoms with Crippen molar-refractivity contribution in [1.82, 2.24) is 0 Å².